The lowest BCUT2D eigenvalue weighted by Crippen LogP contribution is -2.51. The molecule has 2 aliphatic rings. The van der Waals surface area contributed by atoms with E-state index in [4.69, 9.17) is 0 Å². The maximum Gasteiger partial charge on any atom is 0.322 e. The Kier molecular flexibility index (Phi) is 1.57. The lowest BCUT2D eigenvalue weighted by atomic mass is 9.89. The first-order chi connectivity index (χ1) is 5.65. The number of carbonyl (C=O) groups excluding carboxylic acids is 2. The lowest BCUT2D eigenvalue weighted by Gasteiger charge is -2.23. The predicted molar refractivity (Wildman–Crippen MR) is 45.9 cm³/mol. The Morgan fingerprint density at radius 2 is 2.33 bits per heavy atom. The molecule has 2 unspecified atom stereocenters. The summed E-state index contributed by atoms with van der Waals surface area (Å²) < 4.78 is 0. The van der Waals surface area contributed by atoms with Gasteiger partial charge in [-0.05, 0) is 11.7 Å². The van der Waals surface area contributed by atoms with Gasteiger partial charge in [-0.1, -0.05) is 6.92 Å². The quantitative estimate of drug-likeness (QED) is 0.521. The summed E-state index contributed by atoms with van der Waals surface area (Å²) in [5, 5.41) is 4.99. The van der Waals surface area contributed by atoms with Crippen molar-refractivity contribution in [1.82, 2.24) is 10.6 Å². The van der Waals surface area contributed by atoms with E-state index in [9.17, 15) is 9.59 Å². The minimum Gasteiger partial charge on any atom is -0.322 e. The van der Waals surface area contributed by atoms with Crippen molar-refractivity contribution in [2.24, 2.45) is 5.92 Å². The number of nitrogens with one attached hydrogen (secondary N) is 2. The number of amides is 3. The van der Waals surface area contributed by atoms with E-state index in [1.165, 1.54) is 0 Å². The van der Waals surface area contributed by atoms with Gasteiger partial charge in [0.25, 0.3) is 5.91 Å². The summed E-state index contributed by atoms with van der Waals surface area (Å²) in [4.78, 5) is 22.3. The molecule has 2 aliphatic heterocycles. The van der Waals surface area contributed by atoms with Gasteiger partial charge in [-0.25, -0.2) is 4.79 Å². The van der Waals surface area contributed by atoms with Crippen LogP contribution in [-0.4, -0.2) is 29.0 Å². The lowest BCUT2D eigenvalue weighted by molar-refractivity contribution is -0.124. The number of carbonyl (C=O) groups is 2. The van der Waals surface area contributed by atoms with E-state index in [2.05, 4.69) is 10.6 Å². The molecule has 2 fully saturated rings. The fourth-order valence-electron chi connectivity index (χ4n) is 1.64. The summed E-state index contributed by atoms with van der Waals surface area (Å²) in [5.41, 5.74) is -0.609. The molecule has 2 saturated heterocycles. The van der Waals surface area contributed by atoms with Gasteiger partial charge < -0.3 is 5.32 Å². The van der Waals surface area contributed by atoms with Crippen LogP contribution in [0.2, 0.25) is 0 Å². The maximum absolute atomic E-state index is 11.4. The molecule has 12 heavy (non-hydrogen) atoms. The van der Waals surface area contributed by atoms with Crippen molar-refractivity contribution in [1.29, 1.82) is 0 Å². The van der Waals surface area contributed by atoms with Gasteiger partial charge in [0.2, 0.25) is 0 Å². The number of hydrogen-bond acceptors (Lipinski definition) is 3. The standard InChI is InChI=1S/C7H10N2O2S/c1-4-2-12-3-7(4)5(10)8-6(11)9-7/h4H,2-3H2,1H3,(H2,8,9,10,11). The average molecular weight is 186 g/mol. The van der Waals surface area contributed by atoms with E-state index >= 15 is 0 Å². The zero-order chi connectivity index (χ0) is 8.77. The molecule has 66 valence electrons. The topological polar surface area (TPSA) is 58.2 Å². The van der Waals surface area contributed by atoms with Gasteiger partial charge in [0, 0.05) is 5.75 Å². The van der Waals surface area contributed by atoms with Crippen molar-refractivity contribution < 1.29 is 9.59 Å². The van der Waals surface area contributed by atoms with Crippen LogP contribution in [-0.2, 0) is 4.79 Å². The van der Waals surface area contributed by atoms with Crippen LogP contribution in [0.4, 0.5) is 4.79 Å². The predicted octanol–water partition coefficient (Wildman–Crippen LogP) is -0.0525. The Bertz CT molecular complexity index is 256. The van der Waals surface area contributed by atoms with Crippen LogP contribution in [0, 0.1) is 5.92 Å². The summed E-state index contributed by atoms with van der Waals surface area (Å²) in [5.74, 6) is 1.71. The largest absolute Gasteiger partial charge is 0.322 e. The van der Waals surface area contributed by atoms with Crippen molar-refractivity contribution in [2.45, 2.75) is 12.5 Å². The molecule has 3 amide bonds. The number of urea groups is 1. The van der Waals surface area contributed by atoms with Crippen LogP contribution in [0.25, 0.3) is 0 Å². The second kappa shape index (κ2) is 2.39. The van der Waals surface area contributed by atoms with Crippen LogP contribution < -0.4 is 10.6 Å². The minimum absolute atomic E-state index is 0.162. The third kappa shape index (κ3) is 0.857. The van der Waals surface area contributed by atoms with Crippen LogP contribution in [0.1, 0.15) is 6.92 Å². The third-order valence-electron chi connectivity index (χ3n) is 2.51. The van der Waals surface area contributed by atoms with E-state index in [1.54, 1.807) is 11.8 Å². The zero-order valence-corrected chi connectivity index (χ0v) is 7.53. The maximum atomic E-state index is 11.4. The molecule has 2 rings (SSSR count). The minimum atomic E-state index is -0.609. The van der Waals surface area contributed by atoms with Crippen molar-refractivity contribution >= 4 is 23.7 Å². The highest BCUT2D eigenvalue weighted by Gasteiger charge is 2.52. The Labute approximate surface area is 74.5 Å². The molecule has 0 aromatic heterocycles. The van der Waals surface area contributed by atoms with Crippen LogP contribution >= 0.6 is 11.8 Å². The molecule has 4 nitrogen and oxygen atoms in total. The van der Waals surface area contributed by atoms with Crippen LogP contribution in [0.3, 0.4) is 0 Å². The molecule has 5 heteroatoms. The van der Waals surface area contributed by atoms with Gasteiger partial charge in [-0.3, -0.25) is 10.1 Å². The first-order valence-corrected chi connectivity index (χ1v) is 5.02. The SMILES string of the molecule is CC1CSCC12NC(=O)NC2=O. The normalized spacial score (nSPS) is 40.2. The van der Waals surface area contributed by atoms with Gasteiger partial charge >= 0.3 is 6.03 Å². The average Bonchev–Trinajstić information content (AvgIpc) is 2.44. The second-order valence-corrected chi connectivity index (χ2v) is 4.33. The Hall–Kier alpha value is -0.710. The summed E-state index contributed by atoms with van der Waals surface area (Å²) >= 11 is 1.71. The molecule has 0 radical (unpaired) electrons. The monoisotopic (exact) mass is 186 g/mol. The molecular formula is C7H10N2O2S. The summed E-state index contributed by atoms with van der Waals surface area (Å²) in [7, 11) is 0. The Morgan fingerprint density at radius 1 is 1.58 bits per heavy atom. The highest BCUT2D eigenvalue weighted by molar-refractivity contribution is 7.99. The molecule has 0 saturated carbocycles. The summed E-state index contributed by atoms with van der Waals surface area (Å²) in [6.45, 7) is 1.99. The molecular weight excluding hydrogens is 176 g/mol. The molecule has 2 atom stereocenters. The van der Waals surface area contributed by atoms with Crippen molar-refractivity contribution in [3.05, 3.63) is 0 Å². The van der Waals surface area contributed by atoms with Crippen LogP contribution in [0.15, 0.2) is 0 Å². The highest BCUT2D eigenvalue weighted by Crippen LogP contribution is 2.35. The van der Waals surface area contributed by atoms with Gasteiger partial charge in [0.05, 0.1) is 0 Å². The first-order valence-electron chi connectivity index (χ1n) is 3.86. The van der Waals surface area contributed by atoms with Gasteiger partial charge in [0.1, 0.15) is 5.54 Å². The molecule has 0 bridgehead atoms. The molecule has 0 aromatic rings. The number of imide groups is 1. The van der Waals surface area contributed by atoms with E-state index in [1.807, 2.05) is 6.92 Å². The molecule has 1 spiro atoms. The van der Waals surface area contributed by atoms with Crippen molar-refractivity contribution in [2.75, 3.05) is 11.5 Å². The van der Waals surface area contributed by atoms with Crippen molar-refractivity contribution in [3.8, 4) is 0 Å². The van der Waals surface area contributed by atoms with Gasteiger partial charge in [0.15, 0.2) is 0 Å². The Morgan fingerprint density at radius 3 is 2.75 bits per heavy atom. The molecule has 2 N–H and O–H groups in total. The van der Waals surface area contributed by atoms with Gasteiger partial charge in [-0.15, -0.1) is 0 Å². The molecule has 0 aliphatic carbocycles. The van der Waals surface area contributed by atoms with E-state index < -0.39 is 5.54 Å². The first kappa shape index (κ1) is 7.91. The highest BCUT2D eigenvalue weighted by atomic mass is 32.2. The fraction of sp³-hybridized carbons (Fsp3) is 0.714. The van der Waals surface area contributed by atoms with E-state index in [0.717, 1.165) is 5.75 Å². The smallest absolute Gasteiger partial charge is 0.322 e. The van der Waals surface area contributed by atoms with Crippen molar-refractivity contribution in [3.63, 3.8) is 0 Å². The fourth-order valence-corrected chi connectivity index (χ4v) is 3.20. The molecule has 0 aromatic carbocycles. The second-order valence-electron chi connectivity index (χ2n) is 3.30. The number of rotatable bonds is 0. The van der Waals surface area contributed by atoms with E-state index in [-0.39, 0.29) is 17.9 Å². The van der Waals surface area contributed by atoms with E-state index in [0.29, 0.717) is 5.75 Å². The zero-order valence-electron chi connectivity index (χ0n) is 6.72. The summed E-state index contributed by atoms with van der Waals surface area (Å²) in [6.07, 6.45) is 0. The number of hydrogen-bond donors (Lipinski definition) is 2. The third-order valence-corrected chi connectivity index (χ3v) is 3.90. The number of thioether (sulfide) groups is 1. The molecule has 2 heterocycles. The Balaban J connectivity index is 2.31. The van der Waals surface area contributed by atoms with Crippen LogP contribution in [0.5, 0.6) is 0 Å². The van der Waals surface area contributed by atoms with Gasteiger partial charge in [-0.2, -0.15) is 11.8 Å². The summed E-state index contributed by atoms with van der Waals surface area (Å²) in [6, 6.07) is -0.352.